The van der Waals surface area contributed by atoms with Crippen LogP contribution in [0.1, 0.15) is 5.89 Å². The standard InChI is InChI=1S/C14H18BrN3O3/c1-18(7-12(19)9-20-2)8-13-16-14(17-21-13)10-4-3-5-11(15)6-10/h3-6,12,19H,7-9H2,1-2H3. The van der Waals surface area contributed by atoms with Crippen molar-refractivity contribution < 1.29 is 14.4 Å². The van der Waals surface area contributed by atoms with Crippen molar-refractivity contribution in [2.75, 3.05) is 27.3 Å². The number of aliphatic hydroxyl groups is 1. The maximum atomic E-state index is 9.67. The first kappa shape index (κ1) is 16.1. The molecule has 1 heterocycles. The van der Waals surface area contributed by atoms with Crippen molar-refractivity contribution in [1.82, 2.24) is 15.0 Å². The van der Waals surface area contributed by atoms with Crippen LogP contribution in [0.25, 0.3) is 11.4 Å². The van der Waals surface area contributed by atoms with Gasteiger partial charge < -0.3 is 14.4 Å². The molecule has 0 aliphatic carbocycles. The monoisotopic (exact) mass is 355 g/mol. The third-order valence-electron chi connectivity index (χ3n) is 2.84. The van der Waals surface area contributed by atoms with E-state index in [1.54, 1.807) is 7.11 Å². The Hall–Kier alpha value is -1.28. The summed E-state index contributed by atoms with van der Waals surface area (Å²) in [5.74, 6) is 1.06. The third kappa shape index (κ3) is 4.89. The van der Waals surface area contributed by atoms with Gasteiger partial charge in [-0.3, -0.25) is 4.90 Å². The Labute approximate surface area is 131 Å². The van der Waals surface area contributed by atoms with Crippen LogP contribution >= 0.6 is 15.9 Å². The summed E-state index contributed by atoms with van der Waals surface area (Å²) in [6, 6.07) is 7.71. The molecule has 2 aromatic rings. The molecule has 21 heavy (non-hydrogen) atoms. The lowest BCUT2D eigenvalue weighted by atomic mass is 10.2. The van der Waals surface area contributed by atoms with E-state index in [0.717, 1.165) is 10.0 Å². The van der Waals surface area contributed by atoms with Crippen LogP contribution < -0.4 is 0 Å². The molecule has 6 nitrogen and oxygen atoms in total. The number of halogens is 1. The topological polar surface area (TPSA) is 71.6 Å². The molecule has 0 aliphatic heterocycles. The number of aromatic nitrogens is 2. The van der Waals surface area contributed by atoms with Gasteiger partial charge in [0.1, 0.15) is 0 Å². The first-order valence-corrected chi connectivity index (χ1v) is 7.32. The summed E-state index contributed by atoms with van der Waals surface area (Å²) < 4.78 is 11.1. The van der Waals surface area contributed by atoms with Crippen LogP contribution in [0.3, 0.4) is 0 Å². The Morgan fingerprint density at radius 1 is 1.48 bits per heavy atom. The Morgan fingerprint density at radius 3 is 3.00 bits per heavy atom. The van der Waals surface area contributed by atoms with E-state index in [4.69, 9.17) is 9.26 Å². The van der Waals surface area contributed by atoms with Crippen LogP contribution in [0.4, 0.5) is 0 Å². The van der Waals surface area contributed by atoms with E-state index in [9.17, 15) is 5.11 Å². The molecule has 2 rings (SSSR count). The molecule has 0 saturated heterocycles. The molecule has 114 valence electrons. The maximum absolute atomic E-state index is 9.67. The number of rotatable bonds is 7. The van der Waals surface area contributed by atoms with Crippen molar-refractivity contribution in [3.05, 3.63) is 34.6 Å². The van der Waals surface area contributed by atoms with Gasteiger partial charge in [-0.25, -0.2) is 0 Å². The van der Waals surface area contributed by atoms with Crippen LogP contribution in [-0.4, -0.2) is 53.6 Å². The van der Waals surface area contributed by atoms with Gasteiger partial charge in [0.2, 0.25) is 11.7 Å². The molecule has 0 radical (unpaired) electrons. The van der Waals surface area contributed by atoms with Crippen LogP contribution in [0.5, 0.6) is 0 Å². The molecule has 1 unspecified atom stereocenters. The second-order valence-electron chi connectivity index (χ2n) is 4.83. The summed E-state index contributed by atoms with van der Waals surface area (Å²) in [5, 5.41) is 13.6. The molecule has 1 aromatic heterocycles. The Morgan fingerprint density at radius 2 is 2.29 bits per heavy atom. The van der Waals surface area contributed by atoms with E-state index in [0.29, 0.717) is 31.4 Å². The van der Waals surface area contributed by atoms with Gasteiger partial charge in [-0.05, 0) is 19.2 Å². The molecular formula is C14H18BrN3O3. The highest BCUT2D eigenvalue weighted by Gasteiger charge is 2.13. The van der Waals surface area contributed by atoms with Gasteiger partial charge >= 0.3 is 0 Å². The largest absolute Gasteiger partial charge is 0.389 e. The van der Waals surface area contributed by atoms with Crippen molar-refractivity contribution in [3.8, 4) is 11.4 Å². The highest BCUT2D eigenvalue weighted by atomic mass is 79.9. The first-order valence-electron chi connectivity index (χ1n) is 6.52. The summed E-state index contributed by atoms with van der Waals surface area (Å²) in [7, 11) is 3.44. The minimum Gasteiger partial charge on any atom is -0.389 e. The zero-order chi connectivity index (χ0) is 15.2. The third-order valence-corrected chi connectivity index (χ3v) is 3.33. The fourth-order valence-corrected chi connectivity index (χ4v) is 2.36. The van der Waals surface area contributed by atoms with Gasteiger partial charge in [-0.1, -0.05) is 33.2 Å². The molecule has 0 amide bonds. The molecule has 1 atom stereocenters. The zero-order valence-corrected chi connectivity index (χ0v) is 13.6. The van der Waals surface area contributed by atoms with Gasteiger partial charge in [0, 0.05) is 23.7 Å². The van der Waals surface area contributed by atoms with E-state index in [2.05, 4.69) is 26.1 Å². The molecule has 0 bridgehead atoms. The van der Waals surface area contributed by atoms with Crippen LogP contribution in [0, 0.1) is 0 Å². The van der Waals surface area contributed by atoms with E-state index in [1.165, 1.54) is 0 Å². The lowest BCUT2D eigenvalue weighted by molar-refractivity contribution is 0.0400. The zero-order valence-electron chi connectivity index (χ0n) is 12.0. The Balaban J connectivity index is 1.97. The smallest absolute Gasteiger partial charge is 0.241 e. The van der Waals surface area contributed by atoms with Crippen molar-refractivity contribution in [2.24, 2.45) is 0 Å². The van der Waals surface area contributed by atoms with Crippen molar-refractivity contribution >= 4 is 15.9 Å². The lowest BCUT2D eigenvalue weighted by Crippen LogP contribution is -2.31. The van der Waals surface area contributed by atoms with Gasteiger partial charge in [0.15, 0.2) is 0 Å². The SMILES string of the molecule is COCC(O)CN(C)Cc1nc(-c2cccc(Br)c2)no1. The molecule has 7 heteroatoms. The fraction of sp³-hybridized carbons (Fsp3) is 0.429. The number of likely N-dealkylation sites (N-methyl/N-ethyl adjacent to an activating group) is 1. The number of methoxy groups -OCH3 is 1. The van der Waals surface area contributed by atoms with Gasteiger partial charge in [-0.15, -0.1) is 0 Å². The predicted octanol–water partition coefficient (Wildman–Crippen LogP) is 1.94. The molecule has 1 N–H and O–H groups in total. The minimum atomic E-state index is -0.535. The highest BCUT2D eigenvalue weighted by molar-refractivity contribution is 9.10. The predicted molar refractivity (Wildman–Crippen MR) is 81.7 cm³/mol. The summed E-state index contributed by atoms with van der Waals surface area (Å²) in [6.45, 7) is 1.25. The van der Waals surface area contributed by atoms with E-state index in [-0.39, 0.29) is 0 Å². The van der Waals surface area contributed by atoms with E-state index in [1.807, 2.05) is 36.2 Å². The number of aliphatic hydroxyl groups excluding tert-OH is 1. The number of hydrogen-bond donors (Lipinski definition) is 1. The maximum Gasteiger partial charge on any atom is 0.241 e. The van der Waals surface area contributed by atoms with Crippen molar-refractivity contribution in [1.29, 1.82) is 0 Å². The van der Waals surface area contributed by atoms with Crippen LogP contribution in [0.15, 0.2) is 33.3 Å². The fourth-order valence-electron chi connectivity index (χ4n) is 1.96. The average molecular weight is 356 g/mol. The van der Waals surface area contributed by atoms with Gasteiger partial charge in [0.25, 0.3) is 0 Å². The Kier molecular flexibility index (Phi) is 5.86. The number of ether oxygens (including phenoxy) is 1. The summed E-state index contributed by atoms with van der Waals surface area (Å²) in [4.78, 5) is 6.27. The summed E-state index contributed by atoms with van der Waals surface area (Å²) in [6.07, 6.45) is -0.535. The molecular weight excluding hydrogens is 338 g/mol. The second-order valence-corrected chi connectivity index (χ2v) is 5.74. The number of hydrogen-bond acceptors (Lipinski definition) is 6. The van der Waals surface area contributed by atoms with Gasteiger partial charge in [0.05, 0.1) is 19.3 Å². The second kappa shape index (κ2) is 7.65. The number of benzene rings is 1. The Bertz CT molecular complexity index is 576. The van der Waals surface area contributed by atoms with Crippen LogP contribution in [0.2, 0.25) is 0 Å². The van der Waals surface area contributed by atoms with Crippen LogP contribution in [-0.2, 0) is 11.3 Å². The summed E-state index contributed by atoms with van der Waals surface area (Å²) in [5.41, 5.74) is 0.890. The molecule has 0 fully saturated rings. The quantitative estimate of drug-likeness (QED) is 0.818. The average Bonchev–Trinajstić information content (AvgIpc) is 2.87. The molecule has 0 aliphatic rings. The summed E-state index contributed by atoms with van der Waals surface area (Å²) >= 11 is 3.41. The van der Waals surface area contributed by atoms with Crippen molar-refractivity contribution in [2.45, 2.75) is 12.6 Å². The highest BCUT2D eigenvalue weighted by Crippen LogP contribution is 2.20. The van der Waals surface area contributed by atoms with Gasteiger partial charge in [-0.2, -0.15) is 4.98 Å². The molecule has 0 spiro atoms. The molecule has 0 saturated carbocycles. The van der Waals surface area contributed by atoms with E-state index < -0.39 is 6.10 Å². The van der Waals surface area contributed by atoms with Crippen molar-refractivity contribution in [3.63, 3.8) is 0 Å². The lowest BCUT2D eigenvalue weighted by Gasteiger charge is -2.17. The number of nitrogens with zero attached hydrogens (tertiary/aromatic N) is 3. The minimum absolute atomic E-state index is 0.303. The normalized spacial score (nSPS) is 12.8. The van der Waals surface area contributed by atoms with E-state index >= 15 is 0 Å². The first-order chi connectivity index (χ1) is 10.1. The molecule has 1 aromatic carbocycles.